The maximum absolute atomic E-state index is 5.58. The van der Waals surface area contributed by atoms with Crippen LogP contribution < -0.4 is 10.6 Å². The minimum absolute atomic E-state index is 0. The fourth-order valence-electron chi connectivity index (χ4n) is 2.30. The number of aliphatic imine (C=N–C) groups is 1. The van der Waals surface area contributed by atoms with E-state index in [0.717, 1.165) is 49.8 Å². The van der Waals surface area contributed by atoms with Crippen LogP contribution in [0.3, 0.4) is 0 Å². The number of ether oxygens (including phenoxy) is 1. The quantitative estimate of drug-likeness (QED) is 0.229. The summed E-state index contributed by atoms with van der Waals surface area (Å²) in [5.74, 6) is 1.38. The number of benzene rings is 1. The molecular formula is C20H31IN4O2. The Labute approximate surface area is 179 Å². The van der Waals surface area contributed by atoms with E-state index in [1.807, 2.05) is 31.2 Å². The van der Waals surface area contributed by atoms with Crippen molar-refractivity contribution in [2.45, 2.75) is 40.2 Å². The molecule has 1 heterocycles. The van der Waals surface area contributed by atoms with Gasteiger partial charge in [0.15, 0.2) is 5.96 Å². The zero-order valence-corrected chi connectivity index (χ0v) is 18.8. The van der Waals surface area contributed by atoms with Gasteiger partial charge >= 0.3 is 0 Å². The van der Waals surface area contributed by atoms with Gasteiger partial charge in [-0.05, 0) is 32.4 Å². The minimum Gasteiger partial charge on any atom is -0.444 e. The van der Waals surface area contributed by atoms with Crippen molar-refractivity contribution < 1.29 is 9.15 Å². The zero-order chi connectivity index (χ0) is 18.6. The Bertz CT molecular complexity index is 671. The molecule has 2 aromatic rings. The Morgan fingerprint density at radius 3 is 2.63 bits per heavy atom. The van der Waals surface area contributed by atoms with Crippen LogP contribution in [0.5, 0.6) is 0 Å². The summed E-state index contributed by atoms with van der Waals surface area (Å²) in [4.78, 5) is 9.07. The van der Waals surface area contributed by atoms with Gasteiger partial charge in [0.05, 0.1) is 13.2 Å². The number of guanidine groups is 1. The van der Waals surface area contributed by atoms with E-state index < -0.39 is 0 Å². The second kappa shape index (κ2) is 13.5. The summed E-state index contributed by atoms with van der Waals surface area (Å²) in [6, 6.07) is 8.12. The third-order valence-electron chi connectivity index (χ3n) is 3.77. The summed E-state index contributed by atoms with van der Waals surface area (Å²) in [7, 11) is 0. The first-order chi connectivity index (χ1) is 12.7. The fraction of sp³-hybridized carbons (Fsp3) is 0.500. The Morgan fingerprint density at radius 2 is 1.93 bits per heavy atom. The molecule has 0 amide bonds. The van der Waals surface area contributed by atoms with E-state index in [-0.39, 0.29) is 24.0 Å². The summed E-state index contributed by atoms with van der Waals surface area (Å²) in [5, 5.41) is 6.49. The van der Waals surface area contributed by atoms with E-state index in [2.05, 4.69) is 34.5 Å². The van der Waals surface area contributed by atoms with Gasteiger partial charge in [-0.1, -0.05) is 31.0 Å². The van der Waals surface area contributed by atoms with Crippen LogP contribution in [0.2, 0.25) is 0 Å². The number of nitrogens with zero attached hydrogens (tertiary/aromatic N) is 2. The Kier molecular flexibility index (Phi) is 11.8. The highest BCUT2D eigenvalue weighted by Gasteiger charge is 2.06. The number of hydrogen-bond donors (Lipinski definition) is 2. The number of halogens is 1. The second-order valence-electron chi connectivity index (χ2n) is 6.10. The molecule has 0 saturated heterocycles. The lowest BCUT2D eigenvalue weighted by Gasteiger charge is -2.11. The van der Waals surface area contributed by atoms with Gasteiger partial charge in [0, 0.05) is 25.3 Å². The molecule has 0 spiro atoms. The first-order valence-corrected chi connectivity index (χ1v) is 9.34. The third kappa shape index (κ3) is 8.75. The SMILES string of the molecule is CCCCOCCNC(=NCc1coc(-c2ccc(C)cc2)n1)NCC.I. The molecule has 2 N–H and O–H groups in total. The average Bonchev–Trinajstić information content (AvgIpc) is 3.12. The van der Waals surface area contributed by atoms with Crippen LogP contribution in [-0.4, -0.2) is 37.2 Å². The predicted molar refractivity (Wildman–Crippen MR) is 121 cm³/mol. The molecule has 0 aliphatic carbocycles. The van der Waals surface area contributed by atoms with E-state index in [1.54, 1.807) is 6.26 Å². The summed E-state index contributed by atoms with van der Waals surface area (Å²) in [5.41, 5.74) is 2.99. The van der Waals surface area contributed by atoms with Crippen molar-refractivity contribution in [2.75, 3.05) is 26.3 Å². The average molecular weight is 486 g/mol. The molecule has 150 valence electrons. The fourth-order valence-corrected chi connectivity index (χ4v) is 2.30. The lowest BCUT2D eigenvalue weighted by Crippen LogP contribution is -2.39. The Balaban J connectivity index is 0.00000364. The van der Waals surface area contributed by atoms with Gasteiger partial charge in [-0.2, -0.15) is 0 Å². The van der Waals surface area contributed by atoms with Crippen molar-refractivity contribution in [1.82, 2.24) is 15.6 Å². The maximum Gasteiger partial charge on any atom is 0.226 e. The van der Waals surface area contributed by atoms with Gasteiger partial charge in [-0.25, -0.2) is 9.98 Å². The van der Waals surface area contributed by atoms with Crippen LogP contribution in [0, 0.1) is 6.92 Å². The third-order valence-corrected chi connectivity index (χ3v) is 3.77. The van der Waals surface area contributed by atoms with E-state index in [4.69, 9.17) is 9.15 Å². The van der Waals surface area contributed by atoms with Gasteiger partial charge in [0.1, 0.15) is 12.0 Å². The second-order valence-corrected chi connectivity index (χ2v) is 6.10. The first kappa shape index (κ1) is 23.4. The molecule has 0 atom stereocenters. The van der Waals surface area contributed by atoms with Crippen molar-refractivity contribution >= 4 is 29.9 Å². The highest BCUT2D eigenvalue weighted by molar-refractivity contribution is 14.0. The topological polar surface area (TPSA) is 71.7 Å². The lowest BCUT2D eigenvalue weighted by atomic mass is 10.1. The van der Waals surface area contributed by atoms with Crippen molar-refractivity contribution in [3.8, 4) is 11.5 Å². The molecule has 0 saturated carbocycles. The predicted octanol–water partition coefficient (Wildman–Crippen LogP) is 4.14. The van der Waals surface area contributed by atoms with Crippen molar-refractivity contribution in [3.05, 3.63) is 41.8 Å². The van der Waals surface area contributed by atoms with Crippen LogP contribution in [-0.2, 0) is 11.3 Å². The summed E-state index contributed by atoms with van der Waals surface area (Å²) < 4.78 is 11.1. The minimum atomic E-state index is 0. The van der Waals surface area contributed by atoms with Gasteiger partial charge in [0.2, 0.25) is 5.89 Å². The standard InChI is InChI=1S/C20H30N4O2.HI/c1-4-6-12-25-13-11-22-20(21-5-2)23-14-18-15-26-19(24-18)17-9-7-16(3)8-10-17;/h7-10,15H,4-6,11-14H2,1-3H3,(H2,21,22,23);1H. The molecule has 0 aliphatic heterocycles. The lowest BCUT2D eigenvalue weighted by molar-refractivity contribution is 0.136. The molecule has 27 heavy (non-hydrogen) atoms. The molecule has 1 aromatic carbocycles. The molecule has 1 aromatic heterocycles. The van der Waals surface area contributed by atoms with E-state index in [1.165, 1.54) is 5.56 Å². The molecule has 0 radical (unpaired) electrons. The normalized spacial score (nSPS) is 11.1. The zero-order valence-electron chi connectivity index (χ0n) is 16.5. The smallest absolute Gasteiger partial charge is 0.226 e. The summed E-state index contributed by atoms with van der Waals surface area (Å²) >= 11 is 0. The molecule has 7 heteroatoms. The maximum atomic E-state index is 5.58. The number of hydrogen-bond acceptors (Lipinski definition) is 4. The number of nitrogens with one attached hydrogen (secondary N) is 2. The molecule has 0 unspecified atom stereocenters. The molecule has 0 bridgehead atoms. The first-order valence-electron chi connectivity index (χ1n) is 9.34. The van der Waals surface area contributed by atoms with Crippen molar-refractivity contribution in [2.24, 2.45) is 4.99 Å². The Morgan fingerprint density at radius 1 is 1.15 bits per heavy atom. The highest BCUT2D eigenvalue weighted by Crippen LogP contribution is 2.19. The highest BCUT2D eigenvalue weighted by atomic mass is 127. The van der Waals surface area contributed by atoms with Crippen molar-refractivity contribution in [1.29, 1.82) is 0 Å². The van der Waals surface area contributed by atoms with Crippen LogP contribution >= 0.6 is 24.0 Å². The van der Waals surface area contributed by atoms with E-state index in [0.29, 0.717) is 19.0 Å². The molecule has 0 fully saturated rings. The van der Waals surface area contributed by atoms with E-state index >= 15 is 0 Å². The number of aromatic nitrogens is 1. The van der Waals surface area contributed by atoms with Gasteiger partial charge in [0.25, 0.3) is 0 Å². The van der Waals surface area contributed by atoms with Crippen LogP contribution in [0.25, 0.3) is 11.5 Å². The van der Waals surface area contributed by atoms with Crippen LogP contribution in [0.1, 0.15) is 37.9 Å². The Hall–Kier alpha value is -1.61. The largest absolute Gasteiger partial charge is 0.444 e. The van der Waals surface area contributed by atoms with Crippen LogP contribution in [0.15, 0.2) is 39.9 Å². The number of aryl methyl sites for hydroxylation is 1. The van der Waals surface area contributed by atoms with Gasteiger partial charge < -0.3 is 19.8 Å². The summed E-state index contributed by atoms with van der Waals surface area (Å²) in [6.07, 6.45) is 3.92. The van der Waals surface area contributed by atoms with Gasteiger partial charge in [-0.3, -0.25) is 0 Å². The van der Waals surface area contributed by atoms with E-state index in [9.17, 15) is 0 Å². The van der Waals surface area contributed by atoms with Crippen molar-refractivity contribution in [3.63, 3.8) is 0 Å². The summed E-state index contributed by atoms with van der Waals surface area (Å²) in [6.45, 7) is 9.73. The molecule has 2 rings (SSSR count). The van der Waals surface area contributed by atoms with Gasteiger partial charge in [-0.15, -0.1) is 24.0 Å². The van der Waals surface area contributed by atoms with Crippen LogP contribution in [0.4, 0.5) is 0 Å². The molecule has 6 nitrogen and oxygen atoms in total. The number of rotatable bonds is 10. The molecular weight excluding hydrogens is 455 g/mol. The number of oxazole rings is 1. The number of unbranched alkanes of at least 4 members (excludes halogenated alkanes) is 1. The monoisotopic (exact) mass is 486 g/mol. The molecule has 0 aliphatic rings.